The number of hydrogen-bond acceptors (Lipinski definition) is 2. The van der Waals surface area contributed by atoms with Crippen LogP contribution in [0.15, 0.2) is 11.1 Å². The van der Waals surface area contributed by atoms with Crippen molar-refractivity contribution in [3.63, 3.8) is 0 Å². The van der Waals surface area contributed by atoms with Crippen molar-refractivity contribution in [3.05, 3.63) is 16.8 Å². The van der Waals surface area contributed by atoms with Gasteiger partial charge in [0.1, 0.15) is 6.33 Å². The largest absolute Gasteiger partial charge is 0.363 e. The third kappa shape index (κ3) is 1.76. The number of hydrogen-bond donors (Lipinski definition) is 0. The molecule has 0 N–H and O–H groups in total. The fourth-order valence-electron chi connectivity index (χ4n) is 0.937. The lowest BCUT2D eigenvalue weighted by Crippen LogP contribution is -2.22. The van der Waals surface area contributed by atoms with Gasteiger partial charge in [-0.25, -0.2) is 9.48 Å². The molecule has 0 fully saturated rings. The molecule has 0 aliphatic heterocycles. The molecule has 0 aliphatic rings. The van der Waals surface area contributed by atoms with Gasteiger partial charge in [0.2, 0.25) is 0 Å². The summed E-state index contributed by atoms with van der Waals surface area (Å²) in [5.74, 6) is 5.66. The Morgan fingerprint density at radius 3 is 2.92 bits per heavy atom. The van der Waals surface area contributed by atoms with Gasteiger partial charge >= 0.3 is 5.69 Å². The predicted octanol–water partition coefficient (Wildman–Crippen LogP) is -0.00480. The zero-order chi connectivity index (χ0) is 8.97. The summed E-state index contributed by atoms with van der Waals surface area (Å²) in [6.45, 7) is 2.39. The summed E-state index contributed by atoms with van der Waals surface area (Å²) in [5.41, 5.74) is -0.213. The first kappa shape index (κ1) is 8.60. The van der Waals surface area contributed by atoms with Crippen molar-refractivity contribution in [2.24, 2.45) is 7.05 Å². The third-order valence-corrected chi connectivity index (χ3v) is 1.56. The minimum atomic E-state index is -0.213. The number of aryl methyl sites for hydroxylation is 1. The Labute approximate surface area is 70.8 Å². The van der Waals surface area contributed by atoms with Crippen molar-refractivity contribution in [1.29, 1.82) is 0 Å². The zero-order valence-corrected chi connectivity index (χ0v) is 7.24. The van der Waals surface area contributed by atoms with E-state index in [-0.39, 0.29) is 5.69 Å². The van der Waals surface area contributed by atoms with Crippen molar-refractivity contribution in [1.82, 2.24) is 14.3 Å². The molecular formula is C8H11N3O. The lowest BCUT2D eigenvalue weighted by atomic mass is 10.4. The van der Waals surface area contributed by atoms with Gasteiger partial charge in [0.25, 0.3) is 0 Å². The van der Waals surface area contributed by atoms with Crippen molar-refractivity contribution in [2.45, 2.75) is 19.9 Å². The van der Waals surface area contributed by atoms with Gasteiger partial charge < -0.3 is 0 Å². The van der Waals surface area contributed by atoms with Crippen LogP contribution in [0.4, 0.5) is 0 Å². The van der Waals surface area contributed by atoms with Crippen LogP contribution < -0.4 is 5.69 Å². The highest BCUT2D eigenvalue weighted by atomic mass is 16.2. The monoisotopic (exact) mass is 165 g/mol. The first-order valence-corrected chi connectivity index (χ1v) is 3.73. The molecule has 1 heterocycles. The van der Waals surface area contributed by atoms with E-state index < -0.39 is 0 Å². The number of nitrogens with zero attached hydrogens (tertiary/aromatic N) is 3. The van der Waals surface area contributed by atoms with Gasteiger partial charge in [0, 0.05) is 13.5 Å². The molecule has 0 unspecified atom stereocenters. The molecule has 0 atom stereocenters. The van der Waals surface area contributed by atoms with Crippen LogP contribution in [0.25, 0.3) is 0 Å². The van der Waals surface area contributed by atoms with E-state index in [2.05, 4.69) is 16.8 Å². The summed E-state index contributed by atoms with van der Waals surface area (Å²) in [6.07, 6.45) is 2.19. The molecule has 4 heteroatoms. The average Bonchev–Trinajstić information content (AvgIpc) is 2.35. The van der Waals surface area contributed by atoms with E-state index in [1.165, 1.54) is 6.33 Å². The second-order valence-corrected chi connectivity index (χ2v) is 2.40. The van der Waals surface area contributed by atoms with Crippen LogP contribution in [0.5, 0.6) is 0 Å². The zero-order valence-electron chi connectivity index (χ0n) is 7.24. The number of aromatic nitrogens is 3. The molecule has 64 valence electrons. The minimum Gasteiger partial charge on any atom is -0.273 e. The van der Waals surface area contributed by atoms with E-state index in [4.69, 9.17) is 0 Å². The van der Waals surface area contributed by atoms with Gasteiger partial charge in [-0.05, 0) is 6.92 Å². The van der Waals surface area contributed by atoms with Crippen LogP contribution in [0, 0.1) is 11.8 Å². The molecule has 1 rings (SSSR count). The van der Waals surface area contributed by atoms with Crippen LogP contribution in [0.1, 0.15) is 13.3 Å². The summed E-state index contributed by atoms with van der Waals surface area (Å²) in [5, 5.41) is 0. The van der Waals surface area contributed by atoms with Crippen LogP contribution in [0.3, 0.4) is 0 Å². The van der Waals surface area contributed by atoms with Crippen LogP contribution in [-0.4, -0.2) is 14.3 Å². The Balaban J connectivity index is 2.72. The van der Waals surface area contributed by atoms with Gasteiger partial charge in [0.15, 0.2) is 0 Å². The SMILES string of the molecule is CC#CCCn1c(=O)ncn1C. The van der Waals surface area contributed by atoms with Crippen molar-refractivity contribution >= 4 is 0 Å². The quantitative estimate of drug-likeness (QED) is 0.578. The lowest BCUT2D eigenvalue weighted by Gasteiger charge is -2.00. The predicted molar refractivity (Wildman–Crippen MR) is 45.5 cm³/mol. The Morgan fingerprint density at radius 1 is 1.67 bits per heavy atom. The van der Waals surface area contributed by atoms with E-state index >= 15 is 0 Å². The summed E-state index contributed by atoms with van der Waals surface area (Å²) in [7, 11) is 1.79. The van der Waals surface area contributed by atoms with Crippen molar-refractivity contribution in [3.8, 4) is 11.8 Å². The summed E-state index contributed by atoms with van der Waals surface area (Å²) < 4.78 is 3.21. The van der Waals surface area contributed by atoms with Crippen LogP contribution in [-0.2, 0) is 13.6 Å². The molecule has 4 nitrogen and oxygen atoms in total. The summed E-state index contributed by atoms with van der Waals surface area (Å²) in [6, 6.07) is 0. The maximum atomic E-state index is 11.0. The Hall–Kier alpha value is -1.50. The molecular weight excluding hydrogens is 154 g/mol. The Morgan fingerprint density at radius 2 is 2.42 bits per heavy atom. The van der Waals surface area contributed by atoms with E-state index in [1.807, 2.05) is 0 Å². The van der Waals surface area contributed by atoms with E-state index in [9.17, 15) is 4.79 Å². The fourth-order valence-corrected chi connectivity index (χ4v) is 0.937. The molecule has 0 amide bonds. The first-order chi connectivity index (χ1) is 5.75. The standard InChI is InChI=1S/C8H11N3O/c1-3-4-5-6-11-8(12)9-7-10(11)2/h7H,5-6H2,1-2H3. The molecule has 0 radical (unpaired) electrons. The fraction of sp³-hybridized carbons (Fsp3) is 0.500. The molecule has 0 aromatic carbocycles. The minimum absolute atomic E-state index is 0.213. The molecule has 1 aromatic rings. The Kier molecular flexibility index (Phi) is 2.70. The normalized spacial score (nSPS) is 9.17. The Bertz CT molecular complexity index is 364. The third-order valence-electron chi connectivity index (χ3n) is 1.56. The molecule has 0 saturated carbocycles. The van der Waals surface area contributed by atoms with E-state index in [1.54, 1.807) is 23.3 Å². The van der Waals surface area contributed by atoms with Crippen molar-refractivity contribution < 1.29 is 0 Å². The summed E-state index contributed by atoms with van der Waals surface area (Å²) >= 11 is 0. The van der Waals surface area contributed by atoms with E-state index in [0.29, 0.717) is 13.0 Å². The molecule has 0 spiro atoms. The second kappa shape index (κ2) is 3.77. The highest BCUT2D eigenvalue weighted by molar-refractivity contribution is 4.94. The molecule has 0 aliphatic carbocycles. The van der Waals surface area contributed by atoms with Gasteiger partial charge in [-0.2, -0.15) is 4.98 Å². The maximum absolute atomic E-state index is 11.0. The van der Waals surface area contributed by atoms with E-state index in [0.717, 1.165) is 0 Å². The average molecular weight is 165 g/mol. The molecule has 12 heavy (non-hydrogen) atoms. The summed E-state index contributed by atoms with van der Waals surface area (Å²) in [4.78, 5) is 14.6. The second-order valence-electron chi connectivity index (χ2n) is 2.40. The van der Waals surface area contributed by atoms with Crippen LogP contribution in [0.2, 0.25) is 0 Å². The molecule has 0 saturated heterocycles. The lowest BCUT2D eigenvalue weighted by molar-refractivity contribution is 0.503. The van der Waals surface area contributed by atoms with Crippen LogP contribution >= 0.6 is 0 Å². The number of rotatable bonds is 2. The molecule has 1 aromatic heterocycles. The first-order valence-electron chi connectivity index (χ1n) is 3.73. The maximum Gasteiger partial charge on any atom is 0.363 e. The smallest absolute Gasteiger partial charge is 0.273 e. The molecule has 0 bridgehead atoms. The van der Waals surface area contributed by atoms with Gasteiger partial charge in [-0.15, -0.1) is 11.8 Å². The van der Waals surface area contributed by atoms with Crippen molar-refractivity contribution in [2.75, 3.05) is 0 Å². The highest BCUT2D eigenvalue weighted by Gasteiger charge is 1.98. The van der Waals surface area contributed by atoms with Gasteiger partial charge in [-0.1, -0.05) is 0 Å². The highest BCUT2D eigenvalue weighted by Crippen LogP contribution is 1.83. The van der Waals surface area contributed by atoms with Gasteiger partial charge in [-0.3, -0.25) is 4.68 Å². The van der Waals surface area contributed by atoms with Gasteiger partial charge in [0.05, 0.1) is 6.54 Å². The topological polar surface area (TPSA) is 39.8 Å².